The number of para-hydroxylation sites is 1. The Hall–Kier alpha value is -4.55. The van der Waals surface area contributed by atoms with E-state index in [0.29, 0.717) is 60.7 Å². The molecule has 0 radical (unpaired) electrons. The second-order valence-electron chi connectivity index (χ2n) is 9.47. The molecule has 2 aromatic carbocycles. The first kappa shape index (κ1) is 26.7. The summed E-state index contributed by atoms with van der Waals surface area (Å²) < 4.78 is 47.7. The van der Waals surface area contributed by atoms with Crippen LogP contribution in [0.25, 0.3) is 22.4 Å². The lowest BCUT2D eigenvalue weighted by atomic mass is 10.1. The van der Waals surface area contributed by atoms with Gasteiger partial charge in [-0.05, 0) is 19.1 Å². The molecule has 0 saturated carbocycles. The van der Waals surface area contributed by atoms with E-state index < -0.39 is 11.6 Å². The van der Waals surface area contributed by atoms with Crippen molar-refractivity contribution in [2.45, 2.75) is 26.5 Å². The van der Waals surface area contributed by atoms with Gasteiger partial charge in [0.15, 0.2) is 5.82 Å². The average Bonchev–Trinajstić information content (AvgIpc) is 3.33. The molecule has 10 nitrogen and oxygen atoms in total. The monoisotopic (exact) mass is 559 g/mol. The van der Waals surface area contributed by atoms with E-state index in [1.54, 1.807) is 16.9 Å². The predicted molar refractivity (Wildman–Crippen MR) is 147 cm³/mol. The number of rotatable bonds is 9. The van der Waals surface area contributed by atoms with Gasteiger partial charge in [0.1, 0.15) is 47.1 Å². The molecular weight excluding hydrogens is 532 g/mol. The minimum atomic E-state index is -0.727. The summed E-state index contributed by atoms with van der Waals surface area (Å²) in [6, 6.07) is 11.6. The van der Waals surface area contributed by atoms with Crippen LogP contribution in [0.4, 0.5) is 20.4 Å². The summed E-state index contributed by atoms with van der Waals surface area (Å²) in [7, 11) is 1.52. The third-order valence-corrected chi connectivity index (χ3v) is 6.69. The standard InChI is InChI=1S/C29H27F2N7O3/c1-17-32-9-7-26(33-17)35-28-21-16-40-10-8-24(21)34-29(36-28)27-19-5-3-4-6-25(19)38(37-27)15-20-22(30)13-18(14-23(20)31)41-12-11-39-2/h3-7,9,13-14H,8,10-12,15-16H2,1-2H3,(H,32,33,34,35,36). The molecule has 5 aromatic rings. The zero-order chi connectivity index (χ0) is 28.3. The molecule has 4 heterocycles. The number of aryl methyl sites for hydroxylation is 1. The highest BCUT2D eigenvalue weighted by molar-refractivity contribution is 5.92. The van der Waals surface area contributed by atoms with E-state index in [-0.39, 0.29) is 24.5 Å². The van der Waals surface area contributed by atoms with Crippen LogP contribution < -0.4 is 10.1 Å². The van der Waals surface area contributed by atoms with E-state index in [0.717, 1.165) is 16.6 Å². The Morgan fingerprint density at radius 2 is 1.88 bits per heavy atom. The third-order valence-electron chi connectivity index (χ3n) is 6.69. The quantitative estimate of drug-likeness (QED) is 0.256. The van der Waals surface area contributed by atoms with Gasteiger partial charge in [-0.1, -0.05) is 18.2 Å². The zero-order valence-corrected chi connectivity index (χ0v) is 22.5. The van der Waals surface area contributed by atoms with E-state index in [2.05, 4.69) is 15.3 Å². The molecule has 0 amide bonds. The Balaban J connectivity index is 1.39. The summed E-state index contributed by atoms with van der Waals surface area (Å²) in [5.74, 6) is 0.793. The van der Waals surface area contributed by atoms with Crippen LogP contribution in [0, 0.1) is 18.6 Å². The van der Waals surface area contributed by atoms with Crippen molar-refractivity contribution in [1.29, 1.82) is 0 Å². The van der Waals surface area contributed by atoms with E-state index in [1.165, 1.54) is 19.2 Å². The number of benzene rings is 2. The highest BCUT2D eigenvalue weighted by Gasteiger charge is 2.23. The number of hydrogen-bond acceptors (Lipinski definition) is 9. The molecule has 210 valence electrons. The summed E-state index contributed by atoms with van der Waals surface area (Å²) in [4.78, 5) is 18.2. The summed E-state index contributed by atoms with van der Waals surface area (Å²) in [5, 5.41) is 8.79. The Morgan fingerprint density at radius 3 is 2.68 bits per heavy atom. The topological polar surface area (TPSA) is 109 Å². The molecule has 0 aliphatic carbocycles. The predicted octanol–water partition coefficient (Wildman–Crippen LogP) is 4.76. The lowest BCUT2D eigenvalue weighted by Crippen LogP contribution is -2.16. The van der Waals surface area contributed by atoms with Crippen LogP contribution in [0.15, 0.2) is 48.7 Å². The SMILES string of the molecule is COCCOc1cc(F)c(Cn2nc(-c3nc4c(c(Nc5ccnc(C)n5)n3)COCC4)c3ccccc32)c(F)c1. The van der Waals surface area contributed by atoms with Crippen molar-refractivity contribution in [3.8, 4) is 17.3 Å². The van der Waals surface area contributed by atoms with Crippen molar-refractivity contribution in [2.75, 3.05) is 32.2 Å². The molecule has 3 aromatic heterocycles. The third kappa shape index (κ3) is 5.56. The van der Waals surface area contributed by atoms with Gasteiger partial charge >= 0.3 is 0 Å². The number of halogens is 2. The number of nitrogens with zero attached hydrogens (tertiary/aromatic N) is 6. The van der Waals surface area contributed by atoms with Crippen molar-refractivity contribution in [2.24, 2.45) is 0 Å². The Morgan fingerprint density at radius 1 is 1.05 bits per heavy atom. The second-order valence-corrected chi connectivity index (χ2v) is 9.47. The highest BCUT2D eigenvalue weighted by Crippen LogP contribution is 2.32. The number of aromatic nitrogens is 6. The molecule has 12 heteroatoms. The Kier molecular flexibility index (Phi) is 7.49. The Labute approximate surface area is 234 Å². The van der Waals surface area contributed by atoms with Gasteiger partial charge in [0.05, 0.1) is 37.6 Å². The number of nitrogens with one attached hydrogen (secondary N) is 1. The number of hydrogen-bond donors (Lipinski definition) is 1. The molecule has 0 fully saturated rings. The molecule has 0 saturated heterocycles. The molecule has 0 atom stereocenters. The molecule has 0 bridgehead atoms. The van der Waals surface area contributed by atoms with Crippen LogP contribution in [-0.4, -0.2) is 56.6 Å². The molecule has 0 unspecified atom stereocenters. The molecule has 41 heavy (non-hydrogen) atoms. The fourth-order valence-electron chi connectivity index (χ4n) is 4.71. The van der Waals surface area contributed by atoms with Gasteiger partial charge in [0.25, 0.3) is 0 Å². The summed E-state index contributed by atoms with van der Waals surface area (Å²) in [6.07, 6.45) is 2.28. The van der Waals surface area contributed by atoms with E-state index in [4.69, 9.17) is 29.3 Å². The summed E-state index contributed by atoms with van der Waals surface area (Å²) >= 11 is 0. The first-order valence-corrected chi connectivity index (χ1v) is 13.1. The van der Waals surface area contributed by atoms with Crippen LogP contribution >= 0.6 is 0 Å². The number of fused-ring (bicyclic) bond motifs is 2. The molecule has 6 rings (SSSR count). The first-order chi connectivity index (χ1) is 20.0. The van der Waals surface area contributed by atoms with Crippen LogP contribution in [0.5, 0.6) is 5.75 Å². The Bertz CT molecular complexity index is 1700. The number of anilines is 2. The molecule has 1 N–H and O–H groups in total. The minimum Gasteiger partial charge on any atom is -0.491 e. The zero-order valence-electron chi connectivity index (χ0n) is 22.5. The van der Waals surface area contributed by atoms with Crippen molar-refractivity contribution in [3.63, 3.8) is 0 Å². The van der Waals surface area contributed by atoms with E-state index in [1.807, 2.05) is 31.2 Å². The van der Waals surface area contributed by atoms with E-state index >= 15 is 8.78 Å². The van der Waals surface area contributed by atoms with Gasteiger partial charge in [-0.2, -0.15) is 5.10 Å². The average molecular weight is 560 g/mol. The van der Waals surface area contributed by atoms with Crippen LogP contribution in [0.2, 0.25) is 0 Å². The normalized spacial score (nSPS) is 12.9. The number of methoxy groups -OCH3 is 1. The summed E-state index contributed by atoms with van der Waals surface area (Å²) in [5.41, 5.74) is 2.74. The van der Waals surface area contributed by atoms with Crippen LogP contribution in [0.1, 0.15) is 22.6 Å². The largest absolute Gasteiger partial charge is 0.491 e. The van der Waals surface area contributed by atoms with Gasteiger partial charge in [0, 0.05) is 48.4 Å². The lowest BCUT2D eigenvalue weighted by Gasteiger charge is -2.19. The maximum absolute atomic E-state index is 15.1. The molecule has 0 spiro atoms. The van der Waals surface area contributed by atoms with Crippen LogP contribution in [-0.2, 0) is 29.0 Å². The maximum Gasteiger partial charge on any atom is 0.183 e. The molecule has 1 aliphatic rings. The fourth-order valence-corrected chi connectivity index (χ4v) is 4.71. The van der Waals surface area contributed by atoms with Crippen molar-refractivity contribution in [3.05, 3.63) is 82.9 Å². The smallest absolute Gasteiger partial charge is 0.183 e. The van der Waals surface area contributed by atoms with Gasteiger partial charge < -0.3 is 19.5 Å². The fraction of sp³-hybridized carbons (Fsp3) is 0.276. The van der Waals surface area contributed by atoms with Crippen molar-refractivity contribution < 1.29 is 23.0 Å². The van der Waals surface area contributed by atoms with Crippen LogP contribution in [0.3, 0.4) is 0 Å². The molecule has 1 aliphatic heterocycles. The van der Waals surface area contributed by atoms with Gasteiger partial charge in [-0.25, -0.2) is 28.7 Å². The summed E-state index contributed by atoms with van der Waals surface area (Å²) in [6.45, 7) is 3.06. The highest BCUT2D eigenvalue weighted by atomic mass is 19.1. The van der Waals surface area contributed by atoms with Gasteiger partial charge in [0.2, 0.25) is 0 Å². The first-order valence-electron chi connectivity index (χ1n) is 13.1. The lowest BCUT2D eigenvalue weighted by molar-refractivity contribution is 0.109. The van der Waals surface area contributed by atoms with Gasteiger partial charge in [-0.15, -0.1) is 0 Å². The maximum atomic E-state index is 15.1. The number of ether oxygens (including phenoxy) is 3. The van der Waals surface area contributed by atoms with E-state index in [9.17, 15) is 0 Å². The van der Waals surface area contributed by atoms with Gasteiger partial charge in [-0.3, -0.25) is 4.68 Å². The van der Waals surface area contributed by atoms with Crippen molar-refractivity contribution >= 4 is 22.5 Å². The second kappa shape index (κ2) is 11.5. The minimum absolute atomic E-state index is 0.0946. The molecular formula is C29H27F2N7O3. The van der Waals surface area contributed by atoms with Crippen molar-refractivity contribution in [1.82, 2.24) is 29.7 Å².